The van der Waals surface area contributed by atoms with E-state index in [4.69, 9.17) is 0 Å². The Morgan fingerprint density at radius 1 is 1.33 bits per heavy atom. The summed E-state index contributed by atoms with van der Waals surface area (Å²) in [6, 6.07) is 9.37. The molecule has 1 amide bonds. The van der Waals surface area contributed by atoms with E-state index in [0.29, 0.717) is 12.5 Å². The maximum Gasteiger partial charge on any atom is 0.243 e. The topological polar surface area (TPSA) is 69.6 Å². The normalized spacial score (nSPS) is 10.7. The van der Waals surface area contributed by atoms with Crippen molar-refractivity contribution in [3.8, 4) is 0 Å². The smallest absolute Gasteiger partial charge is 0.243 e. The molecule has 0 aliphatic heterocycles. The van der Waals surface area contributed by atoms with Crippen molar-refractivity contribution in [2.45, 2.75) is 13.5 Å². The van der Waals surface area contributed by atoms with Crippen LogP contribution in [0.15, 0.2) is 40.7 Å². The van der Waals surface area contributed by atoms with E-state index < -0.39 is 0 Å². The lowest BCUT2D eigenvalue weighted by Gasteiger charge is -2.21. The summed E-state index contributed by atoms with van der Waals surface area (Å²) in [6.45, 7) is 2.78. The Bertz CT molecular complexity index is 674. The lowest BCUT2D eigenvalue weighted by Crippen LogP contribution is -2.42. The molecule has 0 radical (unpaired) electrons. The fraction of sp³-hybridized carbons (Fsp3) is 0.312. The number of guanidine groups is 1. The zero-order chi connectivity index (χ0) is 16.7. The lowest BCUT2D eigenvalue weighted by atomic mass is 10.3. The van der Waals surface area contributed by atoms with Crippen molar-refractivity contribution in [1.82, 2.24) is 15.2 Å². The van der Waals surface area contributed by atoms with Crippen LogP contribution in [0.4, 0.5) is 5.69 Å². The van der Waals surface area contributed by atoms with Crippen LogP contribution in [0.2, 0.25) is 0 Å². The molecule has 0 saturated carbocycles. The predicted molar refractivity (Wildman–Crippen MR) is 110 cm³/mol. The molecule has 0 spiro atoms. The van der Waals surface area contributed by atoms with Crippen LogP contribution in [0.1, 0.15) is 10.7 Å². The van der Waals surface area contributed by atoms with Crippen molar-refractivity contribution < 1.29 is 4.79 Å². The second kappa shape index (κ2) is 10.2. The molecule has 2 rings (SSSR count). The summed E-state index contributed by atoms with van der Waals surface area (Å²) < 4.78 is 0. The highest BCUT2D eigenvalue weighted by Crippen LogP contribution is 2.09. The van der Waals surface area contributed by atoms with Crippen molar-refractivity contribution in [3.05, 3.63) is 46.4 Å². The molecule has 1 heterocycles. The first-order chi connectivity index (χ1) is 11.1. The van der Waals surface area contributed by atoms with Gasteiger partial charge in [0.05, 0.1) is 23.8 Å². The minimum absolute atomic E-state index is 0. The van der Waals surface area contributed by atoms with Gasteiger partial charge in [-0.1, -0.05) is 18.2 Å². The minimum atomic E-state index is -0.116. The Balaban J connectivity index is 0.00000288. The summed E-state index contributed by atoms with van der Waals surface area (Å²) in [5.74, 6) is 0.536. The number of nitrogens with one attached hydrogen (secondary N) is 2. The molecule has 130 valence electrons. The molecule has 2 aromatic rings. The zero-order valence-corrected chi connectivity index (χ0v) is 17.1. The average Bonchev–Trinajstić information content (AvgIpc) is 2.94. The second-order valence-corrected chi connectivity index (χ2v) is 6.09. The Morgan fingerprint density at radius 2 is 2.04 bits per heavy atom. The molecule has 0 saturated heterocycles. The van der Waals surface area contributed by atoms with Crippen LogP contribution in [0.3, 0.4) is 0 Å². The Morgan fingerprint density at radius 3 is 2.62 bits per heavy atom. The quantitative estimate of drug-likeness (QED) is 0.410. The number of carbonyl (C=O) groups is 1. The molecule has 1 aromatic heterocycles. The summed E-state index contributed by atoms with van der Waals surface area (Å²) in [7, 11) is 3.61. The first-order valence-corrected chi connectivity index (χ1v) is 8.14. The number of aryl methyl sites for hydroxylation is 1. The molecule has 24 heavy (non-hydrogen) atoms. The third-order valence-electron chi connectivity index (χ3n) is 3.10. The molecule has 0 aliphatic rings. The van der Waals surface area contributed by atoms with Crippen LogP contribution in [-0.2, 0) is 11.3 Å². The first-order valence-electron chi connectivity index (χ1n) is 7.26. The molecule has 0 aliphatic carbocycles. The Kier molecular flexibility index (Phi) is 8.69. The third kappa shape index (κ3) is 6.44. The van der Waals surface area contributed by atoms with Gasteiger partial charge >= 0.3 is 0 Å². The number of hydrogen-bond donors (Lipinski definition) is 2. The van der Waals surface area contributed by atoms with E-state index in [1.165, 1.54) is 0 Å². The van der Waals surface area contributed by atoms with Crippen molar-refractivity contribution in [2.75, 3.05) is 26.0 Å². The van der Waals surface area contributed by atoms with Gasteiger partial charge in [0.15, 0.2) is 5.96 Å². The molecular weight excluding hydrogens is 437 g/mol. The number of thiazole rings is 1. The van der Waals surface area contributed by atoms with Crippen LogP contribution in [0, 0.1) is 6.92 Å². The minimum Gasteiger partial charge on any atom is -0.347 e. The number of aliphatic imine (C=N–C) groups is 1. The van der Waals surface area contributed by atoms with E-state index >= 15 is 0 Å². The summed E-state index contributed by atoms with van der Waals surface area (Å²) in [4.78, 5) is 22.5. The van der Waals surface area contributed by atoms with Gasteiger partial charge in [-0.3, -0.25) is 9.79 Å². The van der Waals surface area contributed by atoms with Gasteiger partial charge in [-0.15, -0.1) is 35.3 Å². The number of anilines is 1. The van der Waals surface area contributed by atoms with E-state index in [2.05, 4.69) is 20.6 Å². The van der Waals surface area contributed by atoms with Gasteiger partial charge in [0.1, 0.15) is 0 Å². The zero-order valence-electron chi connectivity index (χ0n) is 13.9. The highest BCUT2D eigenvalue weighted by Gasteiger charge is 2.10. The molecule has 8 heteroatoms. The molecular formula is C16H22IN5OS. The number of benzene rings is 1. The summed E-state index contributed by atoms with van der Waals surface area (Å²) >= 11 is 1.62. The number of amides is 1. The third-order valence-corrected chi connectivity index (χ3v) is 3.93. The Hall–Kier alpha value is -1.68. The fourth-order valence-electron chi connectivity index (χ4n) is 2.07. The van der Waals surface area contributed by atoms with E-state index in [-0.39, 0.29) is 36.4 Å². The molecule has 0 unspecified atom stereocenters. The van der Waals surface area contributed by atoms with E-state index in [1.807, 2.05) is 54.6 Å². The van der Waals surface area contributed by atoms with Crippen LogP contribution in [0.5, 0.6) is 0 Å². The van der Waals surface area contributed by atoms with Crippen molar-refractivity contribution in [2.24, 2.45) is 4.99 Å². The fourth-order valence-corrected chi connectivity index (χ4v) is 2.67. The number of nitrogens with zero attached hydrogens (tertiary/aromatic N) is 3. The van der Waals surface area contributed by atoms with Crippen molar-refractivity contribution >= 4 is 52.9 Å². The van der Waals surface area contributed by atoms with Gasteiger partial charge in [0.2, 0.25) is 5.91 Å². The monoisotopic (exact) mass is 459 g/mol. The van der Waals surface area contributed by atoms with Crippen LogP contribution >= 0.6 is 35.3 Å². The number of aromatic nitrogens is 1. The molecule has 0 atom stereocenters. The first kappa shape index (κ1) is 20.4. The number of carbonyl (C=O) groups excluding carboxylic acids is 1. The van der Waals surface area contributed by atoms with Crippen LogP contribution in [0.25, 0.3) is 0 Å². The van der Waals surface area contributed by atoms with Crippen LogP contribution in [-0.4, -0.2) is 42.4 Å². The summed E-state index contributed by atoms with van der Waals surface area (Å²) in [5, 5.41) is 8.95. The number of hydrogen-bond acceptors (Lipinski definition) is 4. The summed E-state index contributed by atoms with van der Waals surface area (Å²) in [5.41, 5.74) is 1.77. The van der Waals surface area contributed by atoms with Gasteiger partial charge in [-0.05, 0) is 19.1 Å². The highest BCUT2D eigenvalue weighted by molar-refractivity contribution is 14.0. The standard InChI is InChI=1S/C16H21N5OS.HI/c1-12-19-14(11-23-12)10-21(3)16(17-2)18-9-15(22)20-13-7-5-4-6-8-13;/h4-8,11H,9-10H2,1-3H3,(H,17,18)(H,20,22);1H. The second-order valence-electron chi connectivity index (χ2n) is 5.03. The largest absolute Gasteiger partial charge is 0.347 e. The van der Waals surface area contributed by atoms with E-state index in [1.54, 1.807) is 18.4 Å². The molecule has 6 nitrogen and oxygen atoms in total. The van der Waals surface area contributed by atoms with E-state index in [9.17, 15) is 4.79 Å². The highest BCUT2D eigenvalue weighted by atomic mass is 127. The van der Waals surface area contributed by atoms with Gasteiger partial charge in [-0.2, -0.15) is 0 Å². The van der Waals surface area contributed by atoms with Crippen molar-refractivity contribution in [3.63, 3.8) is 0 Å². The van der Waals surface area contributed by atoms with Gasteiger partial charge in [0.25, 0.3) is 0 Å². The van der Waals surface area contributed by atoms with E-state index in [0.717, 1.165) is 16.4 Å². The maximum atomic E-state index is 12.0. The molecule has 1 aromatic carbocycles. The Labute approximate surface area is 163 Å². The number of halogens is 1. The molecule has 2 N–H and O–H groups in total. The lowest BCUT2D eigenvalue weighted by molar-refractivity contribution is -0.115. The van der Waals surface area contributed by atoms with Crippen molar-refractivity contribution in [1.29, 1.82) is 0 Å². The van der Waals surface area contributed by atoms with Crippen LogP contribution < -0.4 is 10.6 Å². The number of para-hydroxylation sites is 1. The average molecular weight is 459 g/mol. The maximum absolute atomic E-state index is 12.0. The van der Waals surface area contributed by atoms with Gasteiger partial charge in [-0.25, -0.2) is 4.98 Å². The number of rotatable bonds is 5. The predicted octanol–water partition coefficient (Wildman–Crippen LogP) is 2.72. The van der Waals surface area contributed by atoms with Gasteiger partial charge in [0, 0.05) is 25.2 Å². The summed E-state index contributed by atoms with van der Waals surface area (Å²) in [6.07, 6.45) is 0. The van der Waals surface area contributed by atoms with Gasteiger partial charge < -0.3 is 15.5 Å². The SMILES string of the molecule is CN=C(NCC(=O)Nc1ccccc1)N(C)Cc1csc(C)n1.I. The molecule has 0 bridgehead atoms. The molecule has 0 fully saturated rings.